The highest BCUT2D eigenvalue weighted by atomic mass is 16.5. The average molecular weight is 287 g/mol. The molecule has 4 nitrogen and oxygen atoms in total. The number of rotatable bonds is 7. The Balaban J connectivity index is 2.12. The standard InChI is InChI=1S/C17H25N3O/c1-5-8-18-14(3)15-11-13(2)6-7-16(15)21-12-17-19-9-10-20(17)4/h6-7,9-11,14,18H,5,8,12H2,1-4H3. The Kier molecular flexibility index (Phi) is 5.39. The zero-order chi connectivity index (χ0) is 15.2. The van der Waals surface area contributed by atoms with E-state index in [0.29, 0.717) is 6.61 Å². The first kappa shape index (κ1) is 15.6. The van der Waals surface area contributed by atoms with Crippen LogP contribution in [0.4, 0.5) is 0 Å². The molecule has 0 saturated carbocycles. The van der Waals surface area contributed by atoms with Crippen molar-refractivity contribution in [1.82, 2.24) is 14.9 Å². The van der Waals surface area contributed by atoms with Crippen LogP contribution in [0.1, 0.15) is 43.3 Å². The average Bonchev–Trinajstić information content (AvgIpc) is 2.88. The molecule has 0 aliphatic carbocycles. The van der Waals surface area contributed by atoms with Gasteiger partial charge in [-0.15, -0.1) is 0 Å². The highest BCUT2D eigenvalue weighted by Gasteiger charge is 2.12. The summed E-state index contributed by atoms with van der Waals surface area (Å²) < 4.78 is 7.97. The second-order valence-electron chi connectivity index (χ2n) is 5.46. The van der Waals surface area contributed by atoms with E-state index in [2.05, 4.69) is 49.3 Å². The largest absolute Gasteiger partial charge is 0.485 e. The Hall–Kier alpha value is -1.81. The van der Waals surface area contributed by atoms with Crippen molar-refractivity contribution < 1.29 is 4.74 Å². The Labute approximate surface area is 127 Å². The number of nitrogens with one attached hydrogen (secondary N) is 1. The highest BCUT2D eigenvalue weighted by molar-refractivity contribution is 5.39. The topological polar surface area (TPSA) is 39.1 Å². The molecule has 0 spiro atoms. The third-order valence-corrected chi connectivity index (χ3v) is 3.61. The molecular formula is C17H25N3O. The number of hydrogen-bond acceptors (Lipinski definition) is 3. The van der Waals surface area contributed by atoms with E-state index in [1.165, 1.54) is 11.1 Å². The monoisotopic (exact) mass is 287 g/mol. The molecule has 0 aliphatic heterocycles. The predicted octanol–water partition coefficient (Wildman–Crippen LogP) is 3.37. The predicted molar refractivity (Wildman–Crippen MR) is 85.4 cm³/mol. The summed E-state index contributed by atoms with van der Waals surface area (Å²) in [7, 11) is 1.98. The fourth-order valence-electron chi connectivity index (χ4n) is 2.29. The fraction of sp³-hybridized carbons (Fsp3) is 0.471. The van der Waals surface area contributed by atoms with Gasteiger partial charge in [-0.25, -0.2) is 4.98 Å². The van der Waals surface area contributed by atoms with E-state index < -0.39 is 0 Å². The molecule has 114 valence electrons. The summed E-state index contributed by atoms with van der Waals surface area (Å²) in [5.41, 5.74) is 2.46. The zero-order valence-corrected chi connectivity index (χ0v) is 13.4. The van der Waals surface area contributed by atoms with Gasteiger partial charge in [0.05, 0.1) is 0 Å². The van der Waals surface area contributed by atoms with E-state index in [9.17, 15) is 0 Å². The molecule has 1 N–H and O–H groups in total. The van der Waals surface area contributed by atoms with E-state index in [0.717, 1.165) is 24.5 Å². The van der Waals surface area contributed by atoms with Gasteiger partial charge in [0.1, 0.15) is 18.2 Å². The summed E-state index contributed by atoms with van der Waals surface area (Å²) in [5.74, 6) is 1.86. The van der Waals surface area contributed by atoms with Crippen molar-refractivity contribution in [2.75, 3.05) is 6.54 Å². The highest BCUT2D eigenvalue weighted by Crippen LogP contribution is 2.27. The van der Waals surface area contributed by atoms with Gasteiger partial charge in [-0.05, 0) is 32.9 Å². The minimum atomic E-state index is 0.279. The number of imidazole rings is 1. The van der Waals surface area contributed by atoms with E-state index >= 15 is 0 Å². The molecule has 0 bridgehead atoms. The molecule has 1 aromatic heterocycles. The van der Waals surface area contributed by atoms with Crippen molar-refractivity contribution in [3.63, 3.8) is 0 Å². The van der Waals surface area contributed by atoms with Crippen molar-refractivity contribution >= 4 is 0 Å². The van der Waals surface area contributed by atoms with Gasteiger partial charge < -0.3 is 14.6 Å². The van der Waals surface area contributed by atoms with Gasteiger partial charge in [0, 0.05) is 31.0 Å². The van der Waals surface area contributed by atoms with E-state index in [4.69, 9.17) is 4.74 Å². The Morgan fingerprint density at radius 1 is 1.38 bits per heavy atom. The summed E-state index contributed by atoms with van der Waals surface area (Å²) in [6, 6.07) is 6.61. The first-order chi connectivity index (χ1) is 10.1. The maximum atomic E-state index is 6.00. The Morgan fingerprint density at radius 2 is 2.19 bits per heavy atom. The zero-order valence-electron chi connectivity index (χ0n) is 13.4. The summed E-state index contributed by atoms with van der Waals surface area (Å²) in [5, 5.41) is 3.52. The molecule has 2 aromatic rings. The minimum Gasteiger partial charge on any atom is -0.485 e. The normalized spacial score (nSPS) is 12.4. The first-order valence-corrected chi connectivity index (χ1v) is 7.54. The second kappa shape index (κ2) is 7.27. The van der Waals surface area contributed by atoms with Gasteiger partial charge >= 0.3 is 0 Å². The molecule has 1 aromatic carbocycles. The SMILES string of the molecule is CCCNC(C)c1cc(C)ccc1OCc1nccn1C. The van der Waals surface area contributed by atoms with Crippen LogP contribution < -0.4 is 10.1 Å². The summed E-state index contributed by atoms with van der Waals surface area (Å²) in [6.45, 7) is 7.96. The Bertz CT molecular complexity index is 577. The van der Waals surface area contributed by atoms with Crippen LogP contribution in [-0.4, -0.2) is 16.1 Å². The van der Waals surface area contributed by atoms with Gasteiger partial charge in [0.25, 0.3) is 0 Å². The number of benzene rings is 1. The van der Waals surface area contributed by atoms with Crippen molar-refractivity contribution in [1.29, 1.82) is 0 Å². The molecule has 0 aliphatic rings. The second-order valence-corrected chi connectivity index (χ2v) is 5.46. The van der Waals surface area contributed by atoms with Crippen LogP contribution in [0.2, 0.25) is 0 Å². The van der Waals surface area contributed by atoms with Gasteiger partial charge in [-0.3, -0.25) is 0 Å². The first-order valence-electron chi connectivity index (χ1n) is 7.54. The fourth-order valence-corrected chi connectivity index (χ4v) is 2.29. The van der Waals surface area contributed by atoms with Crippen LogP contribution in [0, 0.1) is 6.92 Å². The lowest BCUT2D eigenvalue weighted by molar-refractivity contribution is 0.286. The van der Waals surface area contributed by atoms with Crippen molar-refractivity contribution in [2.45, 2.75) is 39.8 Å². The maximum Gasteiger partial charge on any atom is 0.146 e. The molecule has 4 heteroatoms. The van der Waals surface area contributed by atoms with Crippen LogP contribution in [0.25, 0.3) is 0 Å². The number of aryl methyl sites for hydroxylation is 2. The molecule has 2 rings (SSSR count). The van der Waals surface area contributed by atoms with Gasteiger partial charge in [-0.2, -0.15) is 0 Å². The number of hydrogen-bond donors (Lipinski definition) is 1. The van der Waals surface area contributed by atoms with E-state index in [1.54, 1.807) is 6.20 Å². The lowest BCUT2D eigenvalue weighted by Gasteiger charge is -2.19. The summed E-state index contributed by atoms with van der Waals surface area (Å²) in [6.07, 6.45) is 4.85. The lowest BCUT2D eigenvalue weighted by Crippen LogP contribution is -2.20. The van der Waals surface area contributed by atoms with E-state index in [-0.39, 0.29) is 6.04 Å². The Morgan fingerprint density at radius 3 is 2.86 bits per heavy atom. The van der Waals surface area contributed by atoms with Crippen LogP contribution in [-0.2, 0) is 13.7 Å². The number of ether oxygens (including phenoxy) is 1. The molecule has 1 atom stereocenters. The van der Waals surface area contributed by atoms with E-state index in [1.807, 2.05) is 17.8 Å². The van der Waals surface area contributed by atoms with Crippen LogP contribution >= 0.6 is 0 Å². The third kappa shape index (κ3) is 4.08. The van der Waals surface area contributed by atoms with Gasteiger partial charge in [-0.1, -0.05) is 24.6 Å². The molecule has 0 saturated heterocycles. The number of nitrogens with zero attached hydrogens (tertiary/aromatic N) is 2. The molecular weight excluding hydrogens is 262 g/mol. The molecule has 0 radical (unpaired) electrons. The van der Waals surface area contributed by atoms with Crippen molar-refractivity contribution in [3.8, 4) is 5.75 Å². The molecule has 0 amide bonds. The lowest BCUT2D eigenvalue weighted by atomic mass is 10.0. The van der Waals surface area contributed by atoms with Crippen LogP contribution in [0.3, 0.4) is 0 Å². The van der Waals surface area contributed by atoms with Crippen LogP contribution in [0.5, 0.6) is 5.75 Å². The van der Waals surface area contributed by atoms with Gasteiger partial charge in [0.15, 0.2) is 0 Å². The third-order valence-electron chi connectivity index (χ3n) is 3.61. The molecule has 21 heavy (non-hydrogen) atoms. The molecule has 0 fully saturated rings. The smallest absolute Gasteiger partial charge is 0.146 e. The number of aromatic nitrogens is 2. The molecule has 1 unspecified atom stereocenters. The minimum absolute atomic E-state index is 0.279. The summed E-state index contributed by atoms with van der Waals surface area (Å²) in [4.78, 5) is 4.29. The van der Waals surface area contributed by atoms with Crippen molar-refractivity contribution in [2.24, 2.45) is 7.05 Å². The molecule has 1 heterocycles. The maximum absolute atomic E-state index is 6.00. The van der Waals surface area contributed by atoms with Crippen molar-refractivity contribution in [3.05, 3.63) is 47.5 Å². The van der Waals surface area contributed by atoms with Crippen LogP contribution in [0.15, 0.2) is 30.6 Å². The quantitative estimate of drug-likeness (QED) is 0.848. The van der Waals surface area contributed by atoms with Gasteiger partial charge in [0.2, 0.25) is 0 Å². The summed E-state index contributed by atoms with van der Waals surface area (Å²) >= 11 is 0.